The van der Waals surface area contributed by atoms with Crippen LogP contribution >= 0.6 is 11.8 Å². The van der Waals surface area contributed by atoms with Gasteiger partial charge in [-0.3, -0.25) is 4.79 Å². The van der Waals surface area contributed by atoms with Gasteiger partial charge in [0.15, 0.2) is 5.16 Å². The molecule has 0 bridgehead atoms. The number of hydrogen-bond donors (Lipinski definition) is 1. The maximum atomic E-state index is 12.3. The Kier molecular flexibility index (Phi) is 5.75. The van der Waals surface area contributed by atoms with Gasteiger partial charge in [0.25, 0.3) is 5.89 Å². The van der Waals surface area contributed by atoms with Gasteiger partial charge in [-0.05, 0) is 12.1 Å². The van der Waals surface area contributed by atoms with Gasteiger partial charge in [-0.1, -0.05) is 59.4 Å². The number of carbonyl (C=O) groups excluding carboxylic acids is 1. The summed E-state index contributed by atoms with van der Waals surface area (Å²) in [7, 11) is 3.34. The second kappa shape index (κ2) is 8.78. The predicted molar refractivity (Wildman–Crippen MR) is 112 cm³/mol. The van der Waals surface area contributed by atoms with Crippen molar-refractivity contribution in [3.8, 4) is 28.9 Å². The van der Waals surface area contributed by atoms with Gasteiger partial charge in [-0.15, -0.1) is 10.2 Å². The summed E-state index contributed by atoms with van der Waals surface area (Å²) in [6.07, 6.45) is 0. The van der Waals surface area contributed by atoms with Gasteiger partial charge in [-0.25, -0.2) is 0 Å². The molecule has 2 aromatic carbocycles. The van der Waals surface area contributed by atoms with E-state index in [1.165, 1.54) is 11.8 Å². The molecule has 0 radical (unpaired) electrons. The van der Waals surface area contributed by atoms with Crippen LogP contribution in [0.15, 0.2) is 64.3 Å². The molecule has 1 amide bonds. The molecule has 2 heterocycles. The number of para-hydroxylation sites is 2. The zero-order valence-corrected chi connectivity index (χ0v) is 17.1. The van der Waals surface area contributed by atoms with E-state index in [-0.39, 0.29) is 17.6 Å². The first-order valence-electron chi connectivity index (χ1n) is 9.00. The Morgan fingerprint density at radius 3 is 2.70 bits per heavy atom. The van der Waals surface area contributed by atoms with Crippen LogP contribution in [0, 0.1) is 0 Å². The molecular weight excluding hydrogens is 404 g/mol. The minimum Gasteiger partial charge on any atom is -0.495 e. The number of rotatable bonds is 7. The first-order valence-corrected chi connectivity index (χ1v) is 9.99. The van der Waals surface area contributed by atoms with Crippen molar-refractivity contribution < 1.29 is 14.1 Å². The van der Waals surface area contributed by atoms with Gasteiger partial charge in [0.2, 0.25) is 17.6 Å². The lowest BCUT2D eigenvalue weighted by Gasteiger charge is -2.09. The number of nitrogens with zero attached hydrogens (tertiary/aromatic N) is 5. The van der Waals surface area contributed by atoms with Crippen LogP contribution in [0.1, 0.15) is 0 Å². The Bertz CT molecular complexity index is 1160. The zero-order valence-electron chi connectivity index (χ0n) is 16.3. The van der Waals surface area contributed by atoms with Crippen molar-refractivity contribution in [2.45, 2.75) is 5.16 Å². The van der Waals surface area contributed by atoms with E-state index < -0.39 is 0 Å². The van der Waals surface area contributed by atoms with Gasteiger partial charge >= 0.3 is 0 Å². The van der Waals surface area contributed by atoms with Crippen LogP contribution in [0.4, 0.5) is 5.69 Å². The van der Waals surface area contributed by atoms with Crippen LogP contribution < -0.4 is 10.1 Å². The van der Waals surface area contributed by atoms with Gasteiger partial charge in [0, 0.05) is 12.6 Å². The largest absolute Gasteiger partial charge is 0.495 e. The minimum atomic E-state index is -0.182. The molecule has 9 nitrogen and oxygen atoms in total. The van der Waals surface area contributed by atoms with Gasteiger partial charge in [-0.2, -0.15) is 4.98 Å². The van der Waals surface area contributed by atoms with Crippen molar-refractivity contribution in [2.75, 3.05) is 18.2 Å². The number of aromatic nitrogens is 5. The number of nitrogens with one attached hydrogen (secondary N) is 1. The first kappa shape index (κ1) is 19.6. The SMILES string of the molecule is COc1ccccc1NC(=O)CSc1nnc(-c2nc(-c3ccccc3)no2)n1C. The highest BCUT2D eigenvalue weighted by Crippen LogP contribution is 2.26. The second-order valence-electron chi connectivity index (χ2n) is 6.19. The lowest BCUT2D eigenvalue weighted by molar-refractivity contribution is -0.113. The first-order chi connectivity index (χ1) is 14.7. The molecule has 10 heteroatoms. The Balaban J connectivity index is 1.43. The highest BCUT2D eigenvalue weighted by atomic mass is 32.2. The summed E-state index contributed by atoms with van der Waals surface area (Å²) in [5.41, 5.74) is 1.46. The smallest absolute Gasteiger partial charge is 0.296 e. The normalized spacial score (nSPS) is 10.7. The van der Waals surface area contributed by atoms with Gasteiger partial charge in [0.05, 0.1) is 18.6 Å². The topological polar surface area (TPSA) is 108 Å². The number of hydrogen-bond acceptors (Lipinski definition) is 8. The molecule has 0 unspecified atom stereocenters. The number of carbonyl (C=O) groups is 1. The van der Waals surface area contributed by atoms with E-state index in [0.29, 0.717) is 28.2 Å². The Morgan fingerprint density at radius 2 is 1.90 bits per heavy atom. The molecule has 0 saturated heterocycles. The summed E-state index contributed by atoms with van der Waals surface area (Å²) in [5, 5.41) is 15.6. The lowest BCUT2D eigenvalue weighted by atomic mass is 10.2. The van der Waals surface area contributed by atoms with Crippen molar-refractivity contribution >= 4 is 23.4 Å². The van der Waals surface area contributed by atoms with E-state index >= 15 is 0 Å². The van der Waals surface area contributed by atoms with E-state index in [1.54, 1.807) is 30.9 Å². The highest BCUT2D eigenvalue weighted by molar-refractivity contribution is 7.99. The summed E-state index contributed by atoms with van der Waals surface area (Å²) < 4.78 is 12.3. The minimum absolute atomic E-state index is 0.156. The highest BCUT2D eigenvalue weighted by Gasteiger charge is 2.19. The van der Waals surface area contributed by atoms with E-state index in [1.807, 2.05) is 42.5 Å². The Hall–Kier alpha value is -3.66. The molecule has 0 atom stereocenters. The van der Waals surface area contributed by atoms with E-state index in [4.69, 9.17) is 9.26 Å². The molecule has 2 aromatic heterocycles. The third-order valence-electron chi connectivity index (χ3n) is 4.20. The number of anilines is 1. The van der Waals surface area contributed by atoms with E-state index in [9.17, 15) is 4.79 Å². The number of amides is 1. The van der Waals surface area contributed by atoms with Crippen molar-refractivity contribution in [1.82, 2.24) is 24.9 Å². The molecule has 0 saturated carbocycles. The maximum Gasteiger partial charge on any atom is 0.296 e. The van der Waals surface area contributed by atoms with Crippen molar-refractivity contribution in [3.05, 3.63) is 54.6 Å². The molecule has 0 spiro atoms. The maximum absolute atomic E-state index is 12.3. The molecule has 0 aliphatic carbocycles. The van der Waals surface area contributed by atoms with E-state index in [0.717, 1.165) is 5.56 Å². The van der Waals surface area contributed by atoms with Crippen LogP contribution in [0.5, 0.6) is 5.75 Å². The fourth-order valence-electron chi connectivity index (χ4n) is 2.71. The molecule has 4 rings (SSSR count). The van der Waals surface area contributed by atoms with Gasteiger partial charge < -0.3 is 19.1 Å². The summed E-state index contributed by atoms with van der Waals surface area (Å²) in [4.78, 5) is 16.7. The van der Waals surface area contributed by atoms with E-state index in [2.05, 4.69) is 25.7 Å². The number of ether oxygens (including phenoxy) is 1. The molecule has 0 aliphatic rings. The van der Waals surface area contributed by atoms with Crippen molar-refractivity contribution in [2.24, 2.45) is 7.05 Å². The molecule has 4 aromatic rings. The molecule has 152 valence electrons. The van der Waals surface area contributed by atoms with Crippen LogP contribution in [-0.2, 0) is 11.8 Å². The fraction of sp³-hybridized carbons (Fsp3) is 0.150. The van der Waals surface area contributed by atoms with Gasteiger partial charge in [0.1, 0.15) is 5.75 Å². The van der Waals surface area contributed by atoms with Crippen molar-refractivity contribution in [3.63, 3.8) is 0 Å². The fourth-order valence-corrected chi connectivity index (χ4v) is 3.42. The summed E-state index contributed by atoms with van der Waals surface area (Å²) in [6.45, 7) is 0. The Morgan fingerprint density at radius 1 is 1.13 bits per heavy atom. The monoisotopic (exact) mass is 422 g/mol. The summed E-state index contributed by atoms with van der Waals surface area (Å²) in [5.74, 6) is 1.73. The zero-order chi connectivity index (χ0) is 20.9. The average Bonchev–Trinajstić information content (AvgIpc) is 3.40. The third kappa shape index (κ3) is 4.18. The number of methoxy groups -OCH3 is 1. The summed E-state index contributed by atoms with van der Waals surface area (Å²) >= 11 is 1.25. The standard InChI is InChI=1S/C20H18N6O3S/c1-26-18(19-22-17(25-29-19)13-8-4-3-5-9-13)23-24-20(26)30-12-16(27)21-14-10-6-7-11-15(14)28-2/h3-11H,12H2,1-2H3,(H,21,27). The number of thioether (sulfide) groups is 1. The molecule has 0 fully saturated rings. The predicted octanol–water partition coefficient (Wildman–Crippen LogP) is 3.27. The molecule has 1 N–H and O–H groups in total. The van der Waals surface area contributed by atoms with Crippen LogP contribution in [0.3, 0.4) is 0 Å². The quantitative estimate of drug-likeness (QED) is 0.452. The number of benzene rings is 2. The third-order valence-corrected chi connectivity index (χ3v) is 5.22. The summed E-state index contributed by atoms with van der Waals surface area (Å²) in [6, 6.07) is 16.7. The van der Waals surface area contributed by atoms with Crippen LogP contribution in [0.2, 0.25) is 0 Å². The Labute approximate surface area is 176 Å². The molecular formula is C20H18N6O3S. The van der Waals surface area contributed by atoms with Crippen LogP contribution in [0.25, 0.3) is 23.1 Å². The van der Waals surface area contributed by atoms with Crippen LogP contribution in [-0.4, -0.2) is 43.7 Å². The van der Waals surface area contributed by atoms with Crippen molar-refractivity contribution in [1.29, 1.82) is 0 Å². The molecule has 30 heavy (non-hydrogen) atoms. The average molecular weight is 422 g/mol. The molecule has 0 aliphatic heterocycles. The lowest BCUT2D eigenvalue weighted by Crippen LogP contribution is -2.15. The second-order valence-corrected chi connectivity index (χ2v) is 7.13.